The van der Waals surface area contributed by atoms with Crippen molar-refractivity contribution in [1.29, 1.82) is 0 Å². The lowest BCUT2D eigenvalue weighted by Crippen LogP contribution is -2.32. The van der Waals surface area contributed by atoms with E-state index in [1.165, 1.54) is 0 Å². The van der Waals surface area contributed by atoms with E-state index in [0.29, 0.717) is 18.5 Å². The monoisotopic (exact) mass is 388 g/mol. The number of rotatable bonds is 9. The second-order valence-electron chi connectivity index (χ2n) is 6.87. The maximum absolute atomic E-state index is 12.5. The molecule has 0 aliphatic rings. The fourth-order valence-corrected chi connectivity index (χ4v) is 3.84. The number of carbonyl (C=O) groups excluding carboxylic acids is 1. The molecule has 0 bridgehead atoms. The van der Waals surface area contributed by atoms with E-state index in [9.17, 15) is 13.2 Å². The summed E-state index contributed by atoms with van der Waals surface area (Å²) in [6, 6.07) is 14.0. The maximum Gasteiger partial charge on any atom is 0.261 e. The molecule has 1 atom stereocenters. The van der Waals surface area contributed by atoms with Crippen LogP contribution in [-0.2, 0) is 21.2 Å². The van der Waals surface area contributed by atoms with Gasteiger partial charge in [-0.2, -0.15) is 0 Å². The van der Waals surface area contributed by atoms with E-state index in [2.05, 4.69) is 17.0 Å². The van der Waals surface area contributed by atoms with Gasteiger partial charge in [0.1, 0.15) is 0 Å². The van der Waals surface area contributed by atoms with Gasteiger partial charge in [0, 0.05) is 18.2 Å². The van der Waals surface area contributed by atoms with Crippen molar-refractivity contribution in [3.05, 3.63) is 59.7 Å². The molecule has 0 saturated carbocycles. The van der Waals surface area contributed by atoms with Gasteiger partial charge >= 0.3 is 0 Å². The van der Waals surface area contributed by atoms with Gasteiger partial charge in [-0.3, -0.25) is 9.52 Å². The van der Waals surface area contributed by atoms with Crippen LogP contribution in [0.4, 0.5) is 5.69 Å². The lowest BCUT2D eigenvalue weighted by molar-refractivity contribution is -0.121. The number of anilines is 1. The predicted molar refractivity (Wildman–Crippen MR) is 109 cm³/mol. The molecule has 0 aliphatic carbocycles. The Kier molecular flexibility index (Phi) is 7.42. The Morgan fingerprint density at radius 3 is 2.26 bits per heavy atom. The third kappa shape index (κ3) is 6.71. The second kappa shape index (κ2) is 9.55. The molecule has 0 unspecified atom stereocenters. The summed E-state index contributed by atoms with van der Waals surface area (Å²) in [4.78, 5) is 12.1. The van der Waals surface area contributed by atoms with Crippen LogP contribution in [0.25, 0.3) is 0 Å². The third-order valence-corrected chi connectivity index (χ3v) is 5.70. The lowest BCUT2D eigenvalue weighted by Gasteiger charge is -2.12. The SMILES string of the molecule is CCC[C@H](C)NC(=O)CCc1ccc(S(=O)(=O)Nc2ccc(C)cc2)cc1. The lowest BCUT2D eigenvalue weighted by atomic mass is 10.1. The molecule has 0 fully saturated rings. The highest BCUT2D eigenvalue weighted by Crippen LogP contribution is 2.17. The van der Waals surface area contributed by atoms with Crippen LogP contribution in [0.2, 0.25) is 0 Å². The van der Waals surface area contributed by atoms with E-state index >= 15 is 0 Å². The highest BCUT2D eigenvalue weighted by atomic mass is 32.2. The molecule has 2 rings (SSSR count). The zero-order chi connectivity index (χ0) is 19.9. The fraction of sp³-hybridized carbons (Fsp3) is 0.381. The minimum atomic E-state index is -3.63. The molecule has 146 valence electrons. The van der Waals surface area contributed by atoms with E-state index in [1.807, 2.05) is 26.0 Å². The molecule has 27 heavy (non-hydrogen) atoms. The van der Waals surface area contributed by atoms with Crippen LogP contribution in [0, 0.1) is 6.92 Å². The molecule has 6 heteroatoms. The average molecular weight is 389 g/mol. The number of hydrogen-bond donors (Lipinski definition) is 2. The highest BCUT2D eigenvalue weighted by molar-refractivity contribution is 7.92. The minimum Gasteiger partial charge on any atom is -0.354 e. The number of nitrogens with one attached hydrogen (secondary N) is 2. The minimum absolute atomic E-state index is 0.0219. The van der Waals surface area contributed by atoms with Crippen molar-refractivity contribution in [2.45, 2.75) is 57.4 Å². The topological polar surface area (TPSA) is 75.3 Å². The van der Waals surface area contributed by atoms with Crippen LogP contribution in [0.15, 0.2) is 53.4 Å². The molecule has 0 heterocycles. The molecule has 5 nitrogen and oxygen atoms in total. The van der Waals surface area contributed by atoms with Gasteiger partial charge in [-0.25, -0.2) is 8.42 Å². The van der Waals surface area contributed by atoms with Gasteiger partial charge in [-0.1, -0.05) is 43.2 Å². The molecule has 2 aromatic rings. The van der Waals surface area contributed by atoms with E-state index in [0.717, 1.165) is 24.0 Å². The van der Waals surface area contributed by atoms with Crippen LogP contribution in [-0.4, -0.2) is 20.4 Å². The third-order valence-electron chi connectivity index (χ3n) is 4.31. The maximum atomic E-state index is 12.5. The van der Waals surface area contributed by atoms with Gasteiger partial charge < -0.3 is 5.32 Å². The van der Waals surface area contributed by atoms with Gasteiger partial charge in [0.2, 0.25) is 5.91 Å². The zero-order valence-corrected chi connectivity index (χ0v) is 17.0. The Balaban J connectivity index is 1.93. The van der Waals surface area contributed by atoms with Crippen molar-refractivity contribution in [3.63, 3.8) is 0 Å². The molecule has 0 radical (unpaired) electrons. The van der Waals surface area contributed by atoms with Crippen molar-refractivity contribution in [3.8, 4) is 0 Å². The first-order valence-corrected chi connectivity index (χ1v) is 10.8. The van der Waals surface area contributed by atoms with Crippen LogP contribution in [0.5, 0.6) is 0 Å². The van der Waals surface area contributed by atoms with Crippen LogP contribution < -0.4 is 10.0 Å². The summed E-state index contributed by atoms with van der Waals surface area (Å²) in [6.45, 7) is 6.04. The summed E-state index contributed by atoms with van der Waals surface area (Å²) in [5, 5.41) is 2.97. The fourth-order valence-electron chi connectivity index (χ4n) is 2.78. The first-order valence-electron chi connectivity index (χ1n) is 9.28. The Hall–Kier alpha value is -2.34. The van der Waals surface area contributed by atoms with E-state index < -0.39 is 10.0 Å². The summed E-state index contributed by atoms with van der Waals surface area (Å²) in [5.41, 5.74) is 2.53. The molecule has 2 N–H and O–H groups in total. The molecule has 2 aromatic carbocycles. The van der Waals surface area contributed by atoms with Gasteiger partial charge in [-0.15, -0.1) is 0 Å². The van der Waals surface area contributed by atoms with Crippen LogP contribution in [0.1, 0.15) is 44.2 Å². The number of aryl methyl sites for hydroxylation is 2. The molecular weight excluding hydrogens is 360 g/mol. The van der Waals surface area contributed by atoms with Gasteiger partial charge in [0.25, 0.3) is 10.0 Å². The molecule has 1 amide bonds. The summed E-state index contributed by atoms with van der Waals surface area (Å²) >= 11 is 0. The summed E-state index contributed by atoms with van der Waals surface area (Å²) in [5.74, 6) is 0.0219. The zero-order valence-electron chi connectivity index (χ0n) is 16.2. The van der Waals surface area contributed by atoms with Gasteiger partial charge in [-0.05, 0) is 56.5 Å². The standard InChI is InChI=1S/C21H28N2O3S/c1-4-5-17(3)22-21(24)15-10-18-8-13-20(14-9-18)27(25,26)23-19-11-6-16(2)7-12-19/h6-9,11-14,17,23H,4-5,10,15H2,1-3H3,(H,22,24)/t17-/m0/s1. The Morgan fingerprint density at radius 2 is 1.67 bits per heavy atom. The Morgan fingerprint density at radius 1 is 1.04 bits per heavy atom. The van der Waals surface area contributed by atoms with Crippen molar-refractivity contribution in [2.24, 2.45) is 0 Å². The normalized spacial score (nSPS) is 12.4. The van der Waals surface area contributed by atoms with Crippen LogP contribution >= 0.6 is 0 Å². The molecule has 0 aromatic heterocycles. The van der Waals surface area contributed by atoms with Gasteiger partial charge in [0.15, 0.2) is 0 Å². The van der Waals surface area contributed by atoms with E-state index in [-0.39, 0.29) is 16.8 Å². The quantitative estimate of drug-likeness (QED) is 0.681. The molecular formula is C21H28N2O3S. The number of benzene rings is 2. The number of amides is 1. The molecule has 0 saturated heterocycles. The largest absolute Gasteiger partial charge is 0.354 e. The predicted octanol–water partition coefficient (Wildman–Crippen LogP) is 4.03. The molecule has 0 aliphatic heterocycles. The first kappa shape index (κ1) is 21.0. The Labute approximate surface area is 162 Å². The summed E-state index contributed by atoms with van der Waals surface area (Å²) in [7, 11) is -3.63. The summed E-state index contributed by atoms with van der Waals surface area (Å²) < 4.78 is 27.5. The first-order chi connectivity index (χ1) is 12.8. The Bertz CT molecular complexity index is 844. The summed E-state index contributed by atoms with van der Waals surface area (Å²) in [6.07, 6.45) is 2.97. The van der Waals surface area contributed by atoms with Crippen molar-refractivity contribution >= 4 is 21.6 Å². The second-order valence-corrected chi connectivity index (χ2v) is 8.56. The molecule has 0 spiro atoms. The number of sulfonamides is 1. The van der Waals surface area contributed by atoms with Crippen LogP contribution in [0.3, 0.4) is 0 Å². The van der Waals surface area contributed by atoms with Crippen molar-refractivity contribution in [2.75, 3.05) is 4.72 Å². The van der Waals surface area contributed by atoms with Crippen molar-refractivity contribution < 1.29 is 13.2 Å². The smallest absolute Gasteiger partial charge is 0.261 e. The number of carbonyl (C=O) groups is 1. The average Bonchev–Trinajstić information content (AvgIpc) is 2.62. The van der Waals surface area contributed by atoms with E-state index in [1.54, 1.807) is 36.4 Å². The highest BCUT2D eigenvalue weighted by Gasteiger charge is 2.14. The van der Waals surface area contributed by atoms with Gasteiger partial charge in [0.05, 0.1) is 4.90 Å². The van der Waals surface area contributed by atoms with E-state index in [4.69, 9.17) is 0 Å². The number of hydrogen-bond acceptors (Lipinski definition) is 3. The van der Waals surface area contributed by atoms with Crippen molar-refractivity contribution in [1.82, 2.24) is 5.32 Å².